The zero-order valence-corrected chi connectivity index (χ0v) is 13.3. The maximum Gasteiger partial charge on any atom is 0.224 e. The number of carbonyl (C=O) groups excluding carboxylic acids is 1. The molecule has 21 heavy (non-hydrogen) atoms. The van der Waals surface area contributed by atoms with Crippen LogP contribution in [0.2, 0.25) is 0 Å². The molecule has 1 heterocycles. The molecule has 0 saturated carbocycles. The van der Waals surface area contributed by atoms with E-state index < -0.39 is 9.84 Å². The number of benzene rings is 1. The molecule has 1 N–H and O–H groups in total. The van der Waals surface area contributed by atoms with Gasteiger partial charge in [0.15, 0.2) is 9.84 Å². The lowest BCUT2D eigenvalue weighted by Crippen LogP contribution is -2.47. The van der Waals surface area contributed by atoms with Gasteiger partial charge in [-0.15, -0.1) is 0 Å². The zero-order chi connectivity index (χ0) is 15.5. The van der Waals surface area contributed by atoms with Crippen LogP contribution in [0.25, 0.3) is 0 Å². The second kappa shape index (κ2) is 6.58. The number of nitrogens with one attached hydrogen (secondary N) is 1. The topological polar surface area (TPSA) is 66.5 Å². The smallest absolute Gasteiger partial charge is 0.224 e. The summed E-state index contributed by atoms with van der Waals surface area (Å²) >= 11 is 0. The number of hydrogen-bond acceptors (Lipinski definition) is 4. The van der Waals surface area contributed by atoms with Crippen LogP contribution in [-0.4, -0.2) is 50.4 Å². The first-order valence-corrected chi connectivity index (χ1v) is 8.91. The van der Waals surface area contributed by atoms with E-state index >= 15 is 0 Å². The fourth-order valence-corrected chi connectivity index (χ4v) is 3.98. The first kappa shape index (κ1) is 16.0. The Morgan fingerprint density at radius 1 is 1.43 bits per heavy atom. The molecule has 0 aliphatic carbocycles. The van der Waals surface area contributed by atoms with Crippen LogP contribution < -0.4 is 5.32 Å². The van der Waals surface area contributed by atoms with Crippen molar-refractivity contribution in [2.75, 3.05) is 25.1 Å². The van der Waals surface area contributed by atoms with E-state index in [-0.39, 0.29) is 29.9 Å². The van der Waals surface area contributed by atoms with E-state index in [9.17, 15) is 13.2 Å². The number of aryl methyl sites for hydroxylation is 1. The standard InChI is InChI=1S/C15H22N2O3S/c1-12-4-3-5-13(8-12)10-17(2)15(18)9-14-11-21(19,20)7-6-16-14/h3-5,8,14,16H,6-7,9-11H2,1-2H3. The van der Waals surface area contributed by atoms with E-state index in [0.717, 1.165) is 11.1 Å². The predicted octanol–water partition coefficient (Wildman–Crippen LogP) is 0.730. The second-order valence-corrected chi connectivity index (χ2v) is 7.94. The van der Waals surface area contributed by atoms with E-state index in [2.05, 4.69) is 5.32 Å². The first-order valence-electron chi connectivity index (χ1n) is 7.09. The highest BCUT2D eigenvalue weighted by molar-refractivity contribution is 7.91. The summed E-state index contributed by atoms with van der Waals surface area (Å²) in [5, 5.41) is 3.11. The Labute approximate surface area is 126 Å². The molecule has 6 heteroatoms. The maximum absolute atomic E-state index is 12.2. The molecule has 0 radical (unpaired) electrons. The number of nitrogens with zero attached hydrogens (tertiary/aromatic N) is 1. The Balaban J connectivity index is 1.90. The summed E-state index contributed by atoms with van der Waals surface area (Å²) in [7, 11) is -1.25. The van der Waals surface area contributed by atoms with Crippen LogP contribution in [0.3, 0.4) is 0 Å². The predicted molar refractivity (Wildman–Crippen MR) is 82.7 cm³/mol. The van der Waals surface area contributed by atoms with E-state index in [1.54, 1.807) is 11.9 Å². The highest BCUT2D eigenvalue weighted by atomic mass is 32.2. The Morgan fingerprint density at radius 3 is 2.86 bits per heavy atom. The zero-order valence-electron chi connectivity index (χ0n) is 12.5. The second-order valence-electron chi connectivity index (χ2n) is 5.71. The van der Waals surface area contributed by atoms with Crippen molar-refractivity contribution in [3.05, 3.63) is 35.4 Å². The Hall–Kier alpha value is -1.40. The van der Waals surface area contributed by atoms with Gasteiger partial charge in [-0.3, -0.25) is 4.79 Å². The van der Waals surface area contributed by atoms with Crippen molar-refractivity contribution < 1.29 is 13.2 Å². The van der Waals surface area contributed by atoms with Crippen molar-refractivity contribution in [3.63, 3.8) is 0 Å². The Morgan fingerprint density at radius 2 is 2.19 bits per heavy atom. The lowest BCUT2D eigenvalue weighted by atomic mass is 10.1. The quantitative estimate of drug-likeness (QED) is 0.890. The van der Waals surface area contributed by atoms with Gasteiger partial charge in [-0.25, -0.2) is 8.42 Å². The van der Waals surface area contributed by atoms with Crippen LogP contribution >= 0.6 is 0 Å². The summed E-state index contributed by atoms with van der Waals surface area (Å²) in [6.45, 7) is 2.99. The van der Waals surface area contributed by atoms with Crippen molar-refractivity contribution in [1.29, 1.82) is 0 Å². The van der Waals surface area contributed by atoms with Crippen molar-refractivity contribution >= 4 is 15.7 Å². The molecule has 0 spiro atoms. The molecular weight excluding hydrogens is 288 g/mol. The molecule has 116 valence electrons. The minimum absolute atomic E-state index is 0.0360. The van der Waals surface area contributed by atoms with Crippen LogP contribution in [0.5, 0.6) is 0 Å². The van der Waals surface area contributed by atoms with Gasteiger partial charge in [0.1, 0.15) is 0 Å². The average Bonchev–Trinajstić information content (AvgIpc) is 2.37. The molecule has 0 aromatic heterocycles. The molecule has 1 saturated heterocycles. The number of sulfone groups is 1. The summed E-state index contributed by atoms with van der Waals surface area (Å²) in [5.74, 6) is 0.180. The van der Waals surface area contributed by atoms with Crippen molar-refractivity contribution in [1.82, 2.24) is 10.2 Å². The van der Waals surface area contributed by atoms with Gasteiger partial charge in [0, 0.05) is 32.6 Å². The number of carbonyl (C=O) groups is 1. The maximum atomic E-state index is 12.2. The molecule has 1 aliphatic heterocycles. The fourth-order valence-electron chi connectivity index (χ4n) is 2.54. The third kappa shape index (κ3) is 4.82. The van der Waals surface area contributed by atoms with Crippen molar-refractivity contribution in [2.24, 2.45) is 0 Å². The molecule has 1 aromatic rings. The Bertz CT molecular complexity index is 613. The normalized spacial score (nSPS) is 21.0. The summed E-state index contributed by atoms with van der Waals surface area (Å²) < 4.78 is 23.2. The van der Waals surface area contributed by atoms with Gasteiger partial charge in [0.25, 0.3) is 0 Å². The van der Waals surface area contributed by atoms with Gasteiger partial charge >= 0.3 is 0 Å². The molecule has 1 unspecified atom stereocenters. The van der Waals surface area contributed by atoms with E-state index in [1.165, 1.54) is 0 Å². The van der Waals surface area contributed by atoms with Crippen molar-refractivity contribution in [3.8, 4) is 0 Å². The molecule has 1 atom stereocenters. The van der Waals surface area contributed by atoms with Gasteiger partial charge < -0.3 is 10.2 Å². The Kier molecular flexibility index (Phi) is 5.00. The summed E-state index contributed by atoms with van der Waals surface area (Å²) in [5.41, 5.74) is 2.24. The van der Waals surface area contributed by atoms with Gasteiger partial charge in [-0.1, -0.05) is 29.8 Å². The number of hydrogen-bond donors (Lipinski definition) is 1. The van der Waals surface area contributed by atoms with Crippen molar-refractivity contribution in [2.45, 2.75) is 25.9 Å². The van der Waals surface area contributed by atoms with Crippen LogP contribution in [0, 0.1) is 6.92 Å². The third-order valence-electron chi connectivity index (χ3n) is 3.65. The van der Waals surface area contributed by atoms with E-state index in [4.69, 9.17) is 0 Å². The minimum atomic E-state index is -3.00. The van der Waals surface area contributed by atoms with Crippen LogP contribution in [-0.2, 0) is 21.2 Å². The lowest BCUT2D eigenvalue weighted by Gasteiger charge is -2.25. The minimum Gasteiger partial charge on any atom is -0.341 e. The third-order valence-corrected chi connectivity index (χ3v) is 5.39. The SMILES string of the molecule is Cc1cccc(CN(C)C(=O)CC2CS(=O)(=O)CCN2)c1. The number of amides is 1. The van der Waals surface area contributed by atoms with E-state index in [0.29, 0.717) is 13.1 Å². The van der Waals surface area contributed by atoms with Gasteiger partial charge in [-0.05, 0) is 12.5 Å². The molecule has 1 amide bonds. The summed E-state index contributed by atoms with van der Waals surface area (Å²) in [6, 6.07) is 7.75. The van der Waals surface area contributed by atoms with Crippen LogP contribution in [0.15, 0.2) is 24.3 Å². The summed E-state index contributed by atoms with van der Waals surface area (Å²) in [4.78, 5) is 13.9. The average molecular weight is 310 g/mol. The molecule has 1 fully saturated rings. The number of rotatable bonds is 4. The molecule has 5 nitrogen and oxygen atoms in total. The highest BCUT2D eigenvalue weighted by Gasteiger charge is 2.26. The van der Waals surface area contributed by atoms with Crippen LogP contribution in [0.1, 0.15) is 17.5 Å². The van der Waals surface area contributed by atoms with E-state index in [1.807, 2.05) is 31.2 Å². The molecule has 0 bridgehead atoms. The lowest BCUT2D eigenvalue weighted by molar-refractivity contribution is -0.130. The van der Waals surface area contributed by atoms with Gasteiger partial charge in [0.05, 0.1) is 11.5 Å². The van der Waals surface area contributed by atoms with Gasteiger partial charge in [-0.2, -0.15) is 0 Å². The highest BCUT2D eigenvalue weighted by Crippen LogP contribution is 2.10. The monoisotopic (exact) mass is 310 g/mol. The summed E-state index contributed by atoms with van der Waals surface area (Å²) in [6.07, 6.45) is 0.224. The fraction of sp³-hybridized carbons (Fsp3) is 0.533. The molecular formula is C15H22N2O3S. The van der Waals surface area contributed by atoms with Gasteiger partial charge in [0.2, 0.25) is 5.91 Å². The molecule has 1 aromatic carbocycles. The molecule has 2 rings (SSSR count). The largest absolute Gasteiger partial charge is 0.341 e. The molecule has 1 aliphatic rings. The first-order chi connectivity index (χ1) is 9.85. The van der Waals surface area contributed by atoms with Crippen LogP contribution in [0.4, 0.5) is 0 Å².